The molecule has 1 unspecified atom stereocenters. The third kappa shape index (κ3) is 3.16. The molecule has 0 saturated heterocycles. The van der Waals surface area contributed by atoms with Crippen molar-refractivity contribution in [2.24, 2.45) is 0 Å². The first-order valence-corrected chi connectivity index (χ1v) is 7.25. The van der Waals surface area contributed by atoms with Gasteiger partial charge in [-0.3, -0.25) is 0 Å². The van der Waals surface area contributed by atoms with Gasteiger partial charge in [0.1, 0.15) is 17.3 Å². The zero-order valence-electron chi connectivity index (χ0n) is 11.4. The van der Waals surface area contributed by atoms with Gasteiger partial charge in [0.25, 0.3) is 0 Å². The van der Waals surface area contributed by atoms with Gasteiger partial charge >= 0.3 is 0 Å². The van der Waals surface area contributed by atoms with Gasteiger partial charge in [0.2, 0.25) is 0 Å². The zero-order chi connectivity index (χ0) is 14.7. The van der Waals surface area contributed by atoms with Gasteiger partial charge < -0.3 is 10.0 Å². The van der Waals surface area contributed by atoms with E-state index in [4.69, 9.17) is 5.11 Å². The van der Waals surface area contributed by atoms with E-state index in [0.717, 1.165) is 6.42 Å². The minimum Gasteiger partial charge on any atom is -0.392 e. The quantitative estimate of drug-likeness (QED) is 0.911. The molecule has 1 heterocycles. The van der Waals surface area contributed by atoms with Crippen LogP contribution in [0.3, 0.4) is 0 Å². The number of benzene rings is 1. The number of rotatable bonds is 5. The highest BCUT2D eigenvalue weighted by molar-refractivity contribution is 7.09. The first-order chi connectivity index (χ1) is 9.52. The van der Waals surface area contributed by atoms with E-state index < -0.39 is 11.6 Å². The normalized spacial score (nSPS) is 12.4. The molecule has 20 heavy (non-hydrogen) atoms. The maximum Gasteiger partial charge on any atom is 0.149 e. The Hall–Kier alpha value is -1.46. The van der Waals surface area contributed by atoms with Crippen molar-refractivity contribution < 1.29 is 13.9 Å². The summed E-state index contributed by atoms with van der Waals surface area (Å²) < 4.78 is 28.0. The number of anilines is 1. The van der Waals surface area contributed by atoms with E-state index in [1.165, 1.54) is 17.0 Å². The van der Waals surface area contributed by atoms with Crippen LogP contribution in [0.4, 0.5) is 14.5 Å². The molecule has 0 fully saturated rings. The molecule has 1 aromatic heterocycles. The summed E-state index contributed by atoms with van der Waals surface area (Å²) in [5, 5.41) is 10.9. The van der Waals surface area contributed by atoms with Crippen molar-refractivity contribution in [1.29, 1.82) is 0 Å². The minimum absolute atomic E-state index is 0.0300. The van der Waals surface area contributed by atoms with Gasteiger partial charge in [0.15, 0.2) is 0 Å². The molecule has 0 bridgehead atoms. The highest BCUT2D eigenvalue weighted by atomic mass is 32.1. The SMILES string of the molecule is CC(Cc1cccs1)N(C)c1c(F)cc(CO)cc1F. The smallest absolute Gasteiger partial charge is 0.149 e. The van der Waals surface area contributed by atoms with Gasteiger partial charge in [-0.15, -0.1) is 11.3 Å². The van der Waals surface area contributed by atoms with Gasteiger partial charge in [-0.25, -0.2) is 8.78 Å². The lowest BCUT2D eigenvalue weighted by atomic mass is 10.1. The van der Waals surface area contributed by atoms with Gasteiger partial charge in [0.05, 0.1) is 6.61 Å². The molecular weight excluding hydrogens is 280 g/mol. The van der Waals surface area contributed by atoms with Crippen molar-refractivity contribution in [3.05, 3.63) is 51.7 Å². The Morgan fingerprint density at radius 1 is 1.30 bits per heavy atom. The fraction of sp³-hybridized carbons (Fsp3) is 0.333. The molecule has 0 saturated carbocycles. The first kappa shape index (κ1) is 14.9. The molecule has 5 heteroatoms. The number of hydrogen-bond acceptors (Lipinski definition) is 3. The third-order valence-electron chi connectivity index (χ3n) is 3.35. The highest BCUT2D eigenvalue weighted by Gasteiger charge is 2.19. The summed E-state index contributed by atoms with van der Waals surface area (Å²) in [6.45, 7) is 1.56. The summed E-state index contributed by atoms with van der Waals surface area (Å²) in [6, 6.07) is 6.29. The molecule has 2 aromatic rings. The molecule has 108 valence electrons. The highest BCUT2D eigenvalue weighted by Crippen LogP contribution is 2.27. The summed E-state index contributed by atoms with van der Waals surface area (Å²) >= 11 is 1.63. The van der Waals surface area contributed by atoms with Crippen LogP contribution >= 0.6 is 11.3 Å². The van der Waals surface area contributed by atoms with Crippen molar-refractivity contribution in [3.8, 4) is 0 Å². The fourth-order valence-corrected chi connectivity index (χ4v) is 2.95. The number of hydrogen-bond donors (Lipinski definition) is 1. The lowest BCUT2D eigenvalue weighted by Gasteiger charge is -2.27. The van der Waals surface area contributed by atoms with E-state index in [1.807, 2.05) is 24.4 Å². The maximum absolute atomic E-state index is 14.0. The van der Waals surface area contributed by atoms with Crippen molar-refractivity contribution in [2.45, 2.75) is 26.0 Å². The Balaban J connectivity index is 2.22. The number of halogens is 2. The van der Waals surface area contributed by atoms with E-state index in [9.17, 15) is 8.78 Å². The Labute approximate surface area is 121 Å². The van der Waals surface area contributed by atoms with E-state index in [2.05, 4.69) is 0 Å². The fourth-order valence-electron chi connectivity index (χ4n) is 2.12. The van der Waals surface area contributed by atoms with Crippen molar-refractivity contribution in [2.75, 3.05) is 11.9 Å². The van der Waals surface area contributed by atoms with Crippen molar-refractivity contribution >= 4 is 17.0 Å². The van der Waals surface area contributed by atoms with Gasteiger partial charge in [-0.1, -0.05) is 6.07 Å². The molecule has 0 aliphatic heterocycles. The second-order valence-electron chi connectivity index (χ2n) is 4.81. The van der Waals surface area contributed by atoms with Crippen LogP contribution < -0.4 is 4.90 Å². The number of thiophene rings is 1. The summed E-state index contributed by atoms with van der Waals surface area (Å²) in [7, 11) is 1.68. The minimum atomic E-state index is -0.644. The van der Waals surface area contributed by atoms with E-state index in [1.54, 1.807) is 23.3 Å². The predicted molar refractivity (Wildman–Crippen MR) is 78.2 cm³/mol. The van der Waals surface area contributed by atoms with Gasteiger partial charge in [-0.05, 0) is 36.1 Å². The monoisotopic (exact) mass is 297 g/mol. The van der Waals surface area contributed by atoms with E-state index in [0.29, 0.717) is 0 Å². The molecule has 1 aromatic carbocycles. The van der Waals surface area contributed by atoms with Crippen LogP contribution in [-0.2, 0) is 13.0 Å². The number of aliphatic hydroxyl groups is 1. The largest absolute Gasteiger partial charge is 0.392 e. The van der Waals surface area contributed by atoms with Crippen LogP contribution in [0.15, 0.2) is 29.6 Å². The summed E-state index contributed by atoms with van der Waals surface area (Å²) in [5.74, 6) is -1.29. The van der Waals surface area contributed by atoms with Gasteiger partial charge in [-0.2, -0.15) is 0 Å². The summed E-state index contributed by atoms with van der Waals surface area (Å²) in [4.78, 5) is 2.78. The molecule has 1 atom stereocenters. The lowest BCUT2D eigenvalue weighted by Crippen LogP contribution is -2.32. The van der Waals surface area contributed by atoms with Gasteiger partial charge in [0, 0.05) is 24.4 Å². The number of nitrogens with zero attached hydrogens (tertiary/aromatic N) is 1. The molecule has 2 rings (SSSR count). The van der Waals surface area contributed by atoms with Crippen LogP contribution in [0.1, 0.15) is 17.4 Å². The molecule has 0 spiro atoms. The molecule has 2 nitrogen and oxygen atoms in total. The number of likely N-dealkylation sites (N-methyl/N-ethyl adjacent to an activating group) is 1. The van der Waals surface area contributed by atoms with Crippen molar-refractivity contribution in [1.82, 2.24) is 0 Å². The van der Waals surface area contributed by atoms with Crippen LogP contribution in [-0.4, -0.2) is 18.2 Å². The number of aliphatic hydroxyl groups excluding tert-OH is 1. The molecule has 0 aliphatic rings. The Morgan fingerprint density at radius 2 is 1.95 bits per heavy atom. The second kappa shape index (κ2) is 6.33. The first-order valence-electron chi connectivity index (χ1n) is 6.37. The summed E-state index contributed by atoms with van der Waals surface area (Å²) in [5.41, 5.74) is 0.189. The molecule has 0 radical (unpaired) electrons. The average Bonchev–Trinajstić information content (AvgIpc) is 2.90. The van der Waals surface area contributed by atoms with Crippen LogP contribution in [0.2, 0.25) is 0 Å². The Bertz CT molecular complexity index is 548. The third-order valence-corrected chi connectivity index (χ3v) is 4.25. The Kier molecular flexibility index (Phi) is 4.73. The Morgan fingerprint density at radius 3 is 2.45 bits per heavy atom. The topological polar surface area (TPSA) is 23.5 Å². The maximum atomic E-state index is 14.0. The van der Waals surface area contributed by atoms with E-state index >= 15 is 0 Å². The molecule has 0 aliphatic carbocycles. The average molecular weight is 297 g/mol. The van der Waals surface area contributed by atoms with Crippen LogP contribution in [0.5, 0.6) is 0 Å². The van der Waals surface area contributed by atoms with Crippen LogP contribution in [0, 0.1) is 11.6 Å². The molecule has 0 amide bonds. The second-order valence-corrected chi connectivity index (χ2v) is 5.84. The zero-order valence-corrected chi connectivity index (χ0v) is 12.3. The summed E-state index contributed by atoms with van der Waals surface area (Å²) in [6.07, 6.45) is 0.731. The van der Waals surface area contributed by atoms with Crippen molar-refractivity contribution in [3.63, 3.8) is 0 Å². The van der Waals surface area contributed by atoms with E-state index in [-0.39, 0.29) is 23.9 Å². The molecule has 1 N–H and O–H groups in total. The predicted octanol–water partition coefficient (Wildman–Crippen LogP) is 3.59. The standard InChI is InChI=1S/C15H17F2NOS/c1-10(6-12-4-3-5-20-12)18(2)15-13(16)7-11(9-19)8-14(15)17/h3-5,7-8,10,19H,6,9H2,1-2H3. The van der Waals surface area contributed by atoms with Crippen LogP contribution in [0.25, 0.3) is 0 Å². The lowest BCUT2D eigenvalue weighted by molar-refractivity contribution is 0.280. The molecular formula is C15H17F2NOS.